The van der Waals surface area contributed by atoms with Gasteiger partial charge in [-0.1, -0.05) is 6.58 Å². The standard InChI is InChI=1S/C19H17F2N3O5/c1-12(24-18(26)13-3-2-7-22-10-13)6-8-23-17(25)11-27-14-4-5-15-16(9-14)29-19(20,21)28-15/h2-5,7,9-10H,1,6,8,11H2,(H,23,25)(H,24,26). The Morgan fingerprint density at radius 3 is 2.76 bits per heavy atom. The van der Waals surface area contributed by atoms with Crippen LogP contribution in [0, 0.1) is 0 Å². The van der Waals surface area contributed by atoms with Gasteiger partial charge in [0.1, 0.15) is 5.75 Å². The molecular weight excluding hydrogens is 388 g/mol. The second kappa shape index (κ2) is 8.55. The van der Waals surface area contributed by atoms with Crippen LogP contribution in [0.1, 0.15) is 16.8 Å². The fraction of sp³-hybridized carbons (Fsp3) is 0.211. The molecule has 29 heavy (non-hydrogen) atoms. The SMILES string of the molecule is C=C(CCNC(=O)COc1ccc2c(c1)OC(F)(F)O2)NC(=O)c1cccnc1. The highest BCUT2D eigenvalue weighted by atomic mass is 19.3. The molecule has 1 aliphatic heterocycles. The van der Waals surface area contributed by atoms with E-state index in [1.54, 1.807) is 18.3 Å². The molecule has 152 valence electrons. The van der Waals surface area contributed by atoms with Gasteiger partial charge in [-0.25, -0.2) is 0 Å². The predicted molar refractivity (Wildman–Crippen MR) is 96.6 cm³/mol. The van der Waals surface area contributed by atoms with Crippen molar-refractivity contribution < 1.29 is 32.6 Å². The number of nitrogens with one attached hydrogen (secondary N) is 2. The number of carbonyl (C=O) groups excluding carboxylic acids is 2. The summed E-state index contributed by atoms with van der Waals surface area (Å²) in [5.41, 5.74) is 0.823. The summed E-state index contributed by atoms with van der Waals surface area (Å²) in [6.45, 7) is 3.63. The van der Waals surface area contributed by atoms with Crippen LogP contribution in [-0.2, 0) is 4.79 Å². The van der Waals surface area contributed by atoms with Gasteiger partial charge >= 0.3 is 6.29 Å². The Morgan fingerprint density at radius 1 is 1.21 bits per heavy atom. The number of aromatic nitrogens is 1. The number of fused-ring (bicyclic) bond motifs is 1. The van der Waals surface area contributed by atoms with Crippen LogP contribution in [0.4, 0.5) is 8.78 Å². The van der Waals surface area contributed by atoms with Gasteiger partial charge in [-0.05, 0) is 24.3 Å². The van der Waals surface area contributed by atoms with Gasteiger partial charge in [0, 0.05) is 37.1 Å². The molecule has 10 heteroatoms. The lowest BCUT2D eigenvalue weighted by atomic mass is 10.2. The molecule has 0 unspecified atom stereocenters. The number of carbonyl (C=O) groups is 2. The Kier molecular flexibility index (Phi) is 5.91. The van der Waals surface area contributed by atoms with Gasteiger partial charge in [0.15, 0.2) is 18.1 Å². The first-order valence-electron chi connectivity index (χ1n) is 8.51. The van der Waals surface area contributed by atoms with Gasteiger partial charge < -0.3 is 24.8 Å². The Bertz CT molecular complexity index is 921. The van der Waals surface area contributed by atoms with Crippen molar-refractivity contribution in [3.8, 4) is 17.2 Å². The summed E-state index contributed by atoms with van der Waals surface area (Å²) in [6, 6.07) is 7.11. The van der Waals surface area contributed by atoms with Gasteiger partial charge in [0.05, 0.1) is 5.56 Å². The third-order valence-corrected chi connectivity index (χ3v) is 3.71. The molecule has 2 N–H and O–H groups in total. The number of halogens is 2. The predicted octanol–water partition coefficient (Wildman–Crippen LogP) is 2.23. The van der Waals surface area contributed by atoms with Crippen LogP contribution in [0.15, 0.2) is 55.0 Å². The van der Waals surface area contributed by atoms with Crippen molar-refractivity contribution in [3.05, 3.63) is 60.6 Å². The van der Waals surface area contributed by atoms with E-state index in [0.717, 1.165) is 0 Å². The molecule has 2 amide bonds. The lowest BCUT2D eigenvalue weighted by Crippen LogP contribution is -2.31. The molecule has 0 aliphatic carbocycles. The zero-order valence-electron chi connectivity index (χ0n) is 15.1. The van der Waals surface area contributed by atoms with Crippen LogP contribution >= 0.6 is 0 Å². The van der Waals surface area contributed by atoms with Crippen LogP contribution in [0.2, 0.25) is 0 Å². The Labute approximate surface area is 164 Å². The zero-order chi connectivity index (χ0) is 20.9. The normalized spacial score (nSPS) is 13.4. The van der Waals surface area contributed by atoms with Crippen LogP contribution in [-0.4, -0.2) is 36.2 Å². The fourth-order valence-electron chi connectivity index (χ4n) is 2.36. The molecule has 0 saturated heterocycles. The number of alkyl halides is 2. The fourth-order valence-corrected chi connectivity index (χ4v) is 2.36. The van der Waals surface area contributed by atoms with Crippen LogP contribution in [0.3, 0.4) is 0 Å². The molecule has 1 aliphatic rings. The molecule has 3 rings (SSSR count). The first kappa shape index (κ1) is 20.1. The van der Waals surface area contributed by atoms with Crippen LogP contribution < -0.4 is 24.8 Å². The van der Waals surface area contributed by atoms with Gasteiger partial charge in [-0.15, -0.1) is 8.78 Å². The van der Waals surface area contributed by atoms with Crippen molar-refractivity contribution in [3.63, 3.8) is 0 Å². The molecule has 8 nitrogen and oxygen atoms in total. The molecule has 0 fully saturated rings. The highest BCUT2D eigenvalue weighted by molar-refractivity contribution is 5.94. The lowest BCUT2D eigenvalue weighted by molar-refractivity contribution is -0.286. The van der Waals surface area contributed by atoms with Gasteiger partial charge in [0.2, 0.25) is 0 Å². The minimum Gasteiger partial charge on any atom is -0.484 e. The van der Waals surface area contributed by atoms with Gasteiger partial charge in [0.25, 0.3) is 11.8 Å². The van der Waals surface area contributed by atoms with Crippen LogP contribution in [0.5, 0.6) is 17.2 Å². The van der Waals surface area contributed by atoms with Crippen molar-refractivity contribution >= 4 is 11.8 Å². The Morgan fingerprint density at radius 2 is 2.00 bits per heavy atom. The van der Waals surface area contributed by atoms with E-state index in [2.05, 4.69) is 31.7 Å². The molecule has 0 bridgehead atoms. The van der Waals surface area contributed by atoms with Crippen molar-refractivity contribution in [2.24, 2.45) is 0 Å². The van der Waals surface area contributed by atoms with E-state index in [4.69, 9.17) is 4.74 Å². The number of hydrogen-bond donors (Lipinski definition) is 2. The maximum atomic E-state index is 13.0. The molecular formula is C19H17F2N3O5. The minimum atomic E-state index is -3.72. The average Bonchev–Trinajstić information content (AvgIpc) is 3.00. The summed E-state index contributed by atoms with van der Waals surface area (Å²) < 4.78 is 39.8. The second-order valence-corrected chi connectivity index (χ2v) is 5.96. The van der Waals surface area contributed by atoms with E-state index in [1.165, 1.54) is 24.4 Å². The molecule has 2 heterocycles. The van der Waals surface area contributed by atoms with Gasteiger partial charge in [-0.3, -0.25) is 14.6 Å². The molecule has 0 saturated carbocycles. The number of benzene rings is 1. The van der Waals surface area contributed by atoms with E-state index in [0.29, 0.717) is 17.7 Å². The maximum absolute atomic E-state index is 13.0. The van der Waals surface area contributed by atoms with E-state index in [-0.39, 0.29) is 36.3 Å². The first-order valence-corrected chi connectivity index (χ1v) is 8.51. The van der Waals surface area contributed by atoms with E-state index >= 15 is 0 Å². The molecule has 0 radical (unpaired) electrons. The second-order valence-electron chi connectivity index (χ2n) is 5.96. The Hall–Kier alpha value is -3.69. The largest absolute Gasteiger partial charge is 0.586 e. The minimum absolute atomic E-state index is 0.112. The summed E-state index contributed by atoms with van der Waals surface area (Å²) in [4.78, 5) is 27.6. The summed E-state index contributed by atoms with van der Waals surface area (Å²) in [5, 5.41) is 5.21. The average molecular weight is 405 g/mol. The number of ether oxygens (including phenoxy) is 3. The smallest absolute Gasteiger partial charge is 0.484 e. The van der Waals surface area contributed by atoms with Crippen molar-refractivity contribution in [2.45, 2.75) is 12.7 Å². The van der Waals surface area contributed by atoms with E-state index in [1.807, 2.05) is 0 Å². The number of pyridine rings is 1. The topological polar surface area (TPSA) is 98.8 Å². The quantitative estimate of drug-likeness (QED) is 0.699. The molecule has 1 aromatic heterocycles. The summed E-state index contributed by atoms with van der Waals surface area (Å²) in [5.74, 6) is -0.883. The highest BCUT2D eigenvalue weighted by Crippen LogP contribution is 2.42. The number of nitrogens with zero attached hydrogens (tertiary/aromatic N) is 1. The zero-order valence-corrected chi connectivity index (χ0v) is 15.1. The third kappa shape index (κ3) is 5.64. The maximum Gasteiger partial charge on any atom is 0.586 e. The highest BCUT2D eigenvalue weighted by Gasteiger charge is 2.43. The van der Waals surface area contributed by atoms with E-state index in [9.17, 15) is 18.4 Å². The molecule has 2 aromatic rings. The summed E-state index contributed by atoms with van der Waals surface area (Å²) in [6.07, 6.45) is -0.412. The lowest BCUT2D eigenvalue weighted by Gasteiger charge is -2.10. The van der Waals surface area contributed by atoms with Crippen molar-refractivity contribution in [1.29, 1.82) is 0 Å². The number of amides is 2. The summed E-state index contributed by atoms with van der Waals surface area (Å²) in [7, 11) is 0. The molecule has 1 aromatic carbocycles. The summed E-state index contributed by atoms with van der Waals surface area (Å²) >= 11 is 0. The van der Waals surface area contributed by atoms with Crippen molar-refractivity contribution in [1.82, 2.24) is 15.6 Å². The molecule has 0 spiro atoms. The van der Waals surface area contributed by atoms with Crippen LogP contribution in [0.25, 0.3) is 0 Å². The monoisotopic (exact) mass is 405 g/mol. The van der Waals surface area contributed by atoms with E-state index < -0.39 is 12.2 Å². The van der Waals surface area contributed by atoms with Crippen molar-refractivity contribution in [2.75, 3.05) is 13.2 Å². The first-order chi connectivity index (χ1) is 13.8. The number of rotatable bonds is 8. The third-order valence-electron chi connectivity index (χ3n) is 3.71. The Balaban J connectivity index is 1.36. The molecule has 0 atom stereocenters. The van der Waals surface area contributed by atoms with Gasteiger partial charge in [-0.2, -0.15) is 0 Å². The number of hydrogen-bond acceptors (Lipinski definition) is 6.